The summed E-state index contributed by atoms with van der Waals surface area (Å²) in [5.41, 5.74) is 2.29. The van der Waals surface area contributed by atoms with E-state index in [-0.39, 0.29) is 11.7 Å². The summed E-state index contributed by atoms with van der Waals surface area (Å²) in [6.45, 7) is 7.10. The predicted molar refractivity (Wildman–Crippen MR) is 115 cm³/mol. The molecule has 0 spiro atoms. The van der Waals surface area contributed by atoms with Crippen LogP contribution in [0.5, 0.6) is 11.5 Å². The van der Waals surface area contributed by atoms with E-state index in [1.807, 2.05) is 36.4 Å². The van der Waals surface area contributed by atoms with Gasteiger partial charge in [-0.3, -0.25) is 9.59 Å². The summed E-state index contributed by atoms with van der Waals surface area (Å²) in [6, 6.07) is 15.5. The van der Waals surface area contributed by atoms with Crippen LogP contribution >= 0.6 is 0 Å². The molecule has 2 aliphatic rings. The Labute approximate surface area is 182 Å². The zero-order chi connectivity index (χ0) is 21.6. The highest BCUT2D eigenvalue weighted by Gasteiger charge is 2.27. The monoisotopic (exact) mass is 425 g/mol. The molecule has 0 aliphatic carbocycles. The van der Waals surface area contributed by atoms with E-state index in [1.165, 1.54) is 15.4 Å². The molecule has 2 aromatic carbocycles. The molecule has 0 aromatic heterocycles. The third-order valence-electron chi connectivity index (χ3n) is 6.07. The highest BCUT2D eigenvalue weighted by atomic mass is 16.7. The topological polar surface area (TPSA) is 73.5 Å². The summed E-state index contributed by atoms with van der Waals surface area (Å²) in [5, 5.41) is 2.95. The minimum atomic E-state index is -0.466. The Morgan fingerprint density at radius 3 is 2.39 bits per heavy atom. The number of quaternary nitrogens is 2. The standard InChI is InChI=1S/C24H29N3O4/c1-18(28)21(13-19-5-3-2-4-6-19)25-24(29)16-27-11-9-26(10-12-27)15-20-7-8-22-23(14-20)31-17-30-22/h2-8,14,21H,9-13,15-17H2,1H3,(H,25,29)/p+2/t21-/m1/s1. The number of amides is 1. The maximum Gasteiger partial charge on any atom is 0.275 e. The van der Waals surface area contributed by atoms with E-state index in [9.17, 15) is 9.59 Å². The smallest absolute Gasteiger partial charge is 0.275 e. The van der Waals surface area contributed by atoms with Gasteiger partial charge in [-0.25, -0.2) is 0 Å². The van der Waals surface area contributed by atoms with Gasteiger partial charge in [-0.2, -0.15) is 0 Å². The van der Waals surface area contributed by atoms with Gasteiger partial charge in [0.15, 0.2) is 23.8 Å². The van der Waals surface area contributed by atoms with Crippen molar-refractivity contribution in [3.63, 3.8) is 0 Å². The van der Waals surface area contributed by atoms with Gasteiger partial charge in [0, 0.05) is 5.56 Å². The maximum absolute atomic E-state index is 12.6. The van der Waals surface area contributed by atoms with Gasteiger partial charge in [-0.05, 0) is 37.1 Å². The van der Waals surface area contributed by atoms with E-state index in [2.05, 4.69) is 17.4 Å². The number of rotatable bonds is 8. The number of carbonyl (C=O) groups is 2. The van der Waals surface area contributed by atoms with Crippen molar-refractivity contribution >= 4 is 11.7 Å². The average Bonchev–Trinajstić information content (AvgIpc) is 3.23. The van der Waals surface area contributed by atoms with Crippen LogP contribution in [0.4, 0.5) is 0 Å². The molecule has 164 valence electrons. The molecule has 31 heavy (non-hydrogen) atoms. The lowest BCUT2D eigenvalue weighted by molar-refractivity contribution is -1.02. The van der Waals surface area contributed by atoms with Crippen LogP contribution in [-0.4, -0.2) is 57.2 Å². The summed E-state index contributed by atoms with van der Waals surface area (Å²) in [7, 11) is 0. The Bertz CT molecular complexity index is 910. The Hall–Kier alpha value is -2.90. The van der Waals surface area contributed by atoms with Gasteiger partial charge in [-0.1, -0.05) is 30.3 Å². The highest BCUT2D eigenvalue weighted by Crippen LogP contribution is 2.32. The third kappa shape index (κ3) is 5.83. The molecule has 1 fully saturated rings. The summed E-state index contributed by atoms with van der Waals surface area (Å²) in [4.78, 5) is 27.4. The molecule has 0 unspecified atom stereocenters. The minimum absolute atomic E-state index is 0.00908. The summed E-state index contributed by atoms with van der Waals surface area (Å²) < 4.78 is 10.8. The van der Waals surface area contributed by atoms with Gasteiger partial charge >= 0.3 is 0 Å². The molecular weight excluding hydrogens is 394 g/mol. The Morgan fingerprint density at radius 1 is 0.935 bits per heavy atom. The van der Waals surface area contributed by atoms with E-state index in [0.717, 1.165) is 49.8 Å². The molecule has 0 saturated carbocycles. The maximum atomic E-state index is 12.6. The minimum Gasteiger partial charge on any atom is -0.454 e. The van der Waals surface area contributed by atoms with Crippen LogP contribution in [0.25, 0.3) is 0 Å². The lowest BCUT2D eigenvalue weighted by atomic mass is 10.0. The molecule has 2 aliphatic heterocycles. The van der Waals surface area contributed by atoms with E-state index in [4.69, 9.17) is 9.47 Å². The summed E-state index contributed by atoms with van der Waals surface area (Å²) >= 11 is 0. The van der Waals surface area contributed by atoms with E-state index in [1.54, 1.807) is 6.92 Å². The Morgan fingerprint density at radius 2 is 1.65 bits per heavy atom. The van der Waals surface area contributed by atoms with Gasteiger partial charge < -0.3 is 24.6 Å². The molecule has 3 N–H and O–H groups in total. The molecule has 0 radical (unpaired) electrons. The number of hydrogen-bond donors (Lipinski definition) is 3. The van der Waals surface area contributed by atoms with Crippen LogP contribution < -0.4 is 24.6 Å². The fourth-order valence-corrected chi connectivity index (χ4v) is 4.27. The molecule has 2 heterocycles. The van der Waals surface area contributed by atoms with Gasteiger partial charge in [0.25, 0.3) is 5.91 Å². The first-order valence-corrected chi connectivity index (χ1v) is 11.0. The number of piperazine rings is 1. The summed E-state index contributed by atoms with van der Waals surface area (Å²) in [6.07, 6.45) is 0.532. The molecule has 0 bridgehead atoms. The van der Waals surface area contributed by atoms with Crippen molar-refractivity contribution in [1.82, 2.24) is 5.32 Å². The quantitative estimate of drug-likeness (QED) is 0.508. The normalized spacial score (nSPS) is 20.8. The molecular formula is C24H31N3O4+2. The molecule has 2 aromatic rings. The first-order chi connectivity index (χ1) is 15.1. The number of hydrogen-bond acceptors (Lipinski definition) is 4. The fourth-order valence-electron chi connectivity index (χ4n) is 4.27. The van der Waals surface area contributed by atoms with Crippen LogP contribution in [0.3, 0.4) is 0 Å². The second kappa shape index (κ2) is 9.94. The molecule has 1 saturated heterocycles. The van der Waals surface area contributed by atoms with Crippen molar-refractivity contribution in [3.8, 4) is 11.5 Å². The first kappa shape index (κ1) is 21.3. The highest BCUT2D eigenvalue weighted by molar-refractivity contribution is 5.88. The second-order valence-corrected chi connectivity index (χ2v) is 8.46. The van der Waals surface area contributed by atoms with Gasteiger partial charge in [-0.15, -0.1) is 0 Å². The number of ether oxygens (including phenoxy) is 2. The lowest BCUT2D eigenvalue weighted by Crippen LogP contribution is -3.28. The molecule has 7 heteroatoms. The van der Waals surface area contributed by atoms with Crippen LogP contribution in [0.2, 0.25) is 0 Å². The van der Waals surface area contributed by atoms with Crippen molar-refractivity contribution in [2.24, 2.45) is 0 Å². The van der Waals surface area contributed by atoms with Crippen molar-refractivity contribution in [2.75, 3.05) is 39.5 Å². The van der Waals surface area contributed by atoms with E-state index in [0.29, 0.717) is 19.8 Å². The zero-order valence-electron chi connectivity index (χ0n) is 18.0. The fraction of sp³-hybridized carbons (Fsp3) is 0.417. The largest absolute Gasteiger partial charge is 0.454 e. The lowest BCUT2D eigenvalue weighted by Gasteiger charge is -2.29. The number of nitrogens with one attached hydrogen (secondary N) is 3. The van der Waals surface area contributed by atoms with Crippen LogP contribution in [0.15, 0.2) is 48.5 Å². The number of fused-ring (bicyclic) bond motifs is 1. The Kier molecular flexibility index (Phi) is 6.84. The van der Waals surface area contributed by atoms with Crippen molar-refractivity contribution in [2.45, 2.75) is 25.9 Å². The number of benzene rings is 2. The van der Waals surface area contributed by atoms with Crippen molar-refractivity contribution in [1.29, 1.82) is 0 Å². The van der Waals surface area contributed by atoms with Gasteiger partial charge in [0.1, 0.15) is 32.7 Å². The SMILES string of the molecule is CC(=O)[C@@H](Cc1ccccc1)NC(=O)C[NH+]1CC[NH+](Cc2ccc3c(c2)OCO3)CC1. The molecule has 7 nitrogen and oxygen atoms in total. The van der Waals surface area contributed by atoms with Gasteiger partial charge in [0.05, 0.1) is 6.04 Å². The van der Waals surface area contributed by atoms with Gasteiger partial charge in [0.2, 0.25) is 6.79 Å². The zero-order valence-corrected chi connectivity index (χ0v) is 18.0. The first-order valence-electron chi connectivity index (χ1n) is 11.0. The number of ketones is 1. The van der Waals surface area contributed by atoms with Crippen LogP contribution in [0, 0.1) is 0 Å². The third-order valence-corrected chi connectivity index (χ3v) is 6.07. The average molecular weight is 426 g/mol. The van der Waals surface area contributed by atoms with Crippen LogP contribution in [0.1, 0.15) is 18.1 Å². The molecule has 1 atom stereocenters. The van der Waals surface area contributed by atoms with E-state index < -0.39 is 6.04 Å². The molecule has 1 amide bonds. The van der Waals surface area contributed by atoms with Crippen molar-refractivity contribution in [3.05, 3.63) is 59.7 Å². The predicted octanol–water partition coefficient (Wildman–Crippen LogP) is -0.985. The number of carbonyl (C=O) groups excluding carboxylic acids is 2. The summed E-state index contributed by atoms with van der Waals surface area (Å²) in [5.74, 6) is 1.58. The molecule has 4 rings (SSSR count). The second-order valence-electron chi connectivity index (χ2n) is 8.46. The van der Waals surface area contributed by atoms with Crippen molar-refractivity contribution < 1.29 is 28.9 Å². The number of Topliss-reactive ketones (excluding diaryl/α,β-unsaturated/α-hetero) is 1. The van der Waals surface area contributed by atoms with E-state index >= 15 is 0 Å². The Balaban J connectivity index is 1.22. The van der Waals surface area contributed by atoms with Crippen LogP contribution in [-0.2, 0) is 22.6 Å².